The molecule has 25 heavy (non-hydrogen) atoms. The molecular formula is C21H25NO3. The smallest absolute Gasteiger partial charge is 0.323 e. The minimum absolute atomic E-state index is 0.175. The Morgan fingerprint density at radius 3 is 2.20 bits per heavy atom. The number of carboxylic acids is 1. The Kier molecular flexibility index (Phi) is 4.67. The fraction of sp³-hybridized carbons (Fsp3) is 0.381. The molecule has 1 unspecified atom stereocenters. The van der Waals surface area contributed by atoms with E-state index in [-0.39, 0.29) is 12.1 Å². The molecule has 0 aliphatic carbocycles. The van der Waals surface area contributed by atoms with Crippen molar-refractivity contribution < 1.29 is 14.6 Å². The van der Waals surface area contributed by atoms with E-state index >= 15 is 0 Å². The van der Waals surface area contributed by atoms with Gasteiger partial charge in [-0.05, 0) is 31.9 Å². The van der Waals surface area contributed by atoms with Crippen LogP contribution in [0.4, 0.5) is 0 Å². The Labute approximate surface area is 149 Å². The maximum atomic E-state index is 11.9. The number of aliphatic carboxylic acids is 1. The van der Waals surface area contributed by atoms with Crippen LogP contribution in [0.25, 0.3) is 0 Å². The normalized spacial score (nSPS) is 24.4. The molecule has 0 spiro atoms. The molecule has 0 amide bonds. The van der Waals surface area contributed by atoms with E-state index in [1.54, 1.807) is 0 Å². The van der Waals surface area contributed by atoms with Crippen molar-refractivity contribution in [1.29, 1.82) is 0 Å². The highest BCUT2D eigenvalue weighted by Gasteiger charge is 2.55. The highest BCUT2D eigenvalue weighted by molar-refractivity contribution is 5.74. The average Bonchev–Trinajstić information content (AvgIpc) is 2.98. The fourth-order valence-electron chi connectivity index (χ4n) is 3.84. The van der Waals surface area contributed by atoms with Crippen LogP contribution in [0.3, 0.4) is 0 Å². The molecule has 4 heteroatoms. The highest BCUT2D eigenvalue weighted by Crippen LogP contribution is 2.44. The minimum Gasteiger partial charge on any atom is -0.480 e. The van der Waals surface area contributed by atoms with E-state index in [1.165, 1.54) is 0 Å². The molecule has 0 saturated carbocycles. The first-order valence-electron chi connectivity index (χ1n) is 8.60. The van der Waals surface area contributed by atoms with Gasteiger partial charge in [-0.15, -0.1) is 0 Å². The second kappa shape index (κ2) is 6.62. The summed E-state index contributed by atoms with van der Waals surface area (Å²) < 4.78 is 6.29. The average molecular weight is 339 g/mol. The van der Waals surface area contributed by atoms with Crippen LogP contribution < -0.4 is 0 Å². The van der Waals surface area contributed by atoms with Gasteiger partial charge in [-0.1, -0.05) is 60.7 Å². The molecule has 4 nitrogen and oxygen atoms in total. The van der Waals surface area contributed by atoms with Gasteiger partial charge in [0.1, 0.15) is 6.04 Å². The molecule has 0 bridgehead atoms. The third-order valence-corrected chi connectivity index (χ3v) is 4.70. The van der Waals surface area contributed by atoms with Crippen molar-refractivity contribution in [2.24, 2.45) is 0 Å². The molecule has 3 rings (SSSR count). The number of carboxylic acid groups (broad SMARTS) is 1. The molecule has 1 aliphatic heterocycles. The maximum Gasteiger partial charge on any atom is 0.323 e. The summed E-state index contributed by atoms with van der Waals surface area (Å²) in [5, 5.41) is 9.77. The fourth-order valence-corrected chi connectivity index (χ4v) is 3.84. The van der Waals surface area contributed by atoms with Crippen molar-refractivity contribution in [3.8, 4) is 0 Å². The van der Waals surface area contributed by atoms with Gasteiger partial charge in [-0.2, -0.15) is 0 Å². The second-order valence-electron chi connectivity index (χ2n) is 7.52. The predicted molar refractivity (Wildman–Crippen MR) is 97.2 cm³/mol. The van der Waals surface area contributed by atoms with Crippen LogP contribution in [0.15, 0.2) is 60.7 Å². The second-order valence-corrected chi connectivity index (χ2v) is 7.52. The topological polar surface area (TPSA) is 49.8 Å². The summed E-state index contributed by atoms with van der Waals surface area (Å²) >= 11 is 0. The largest absolute Gasteiger partial charge is 0.480 e. The van der Waals surface area contributed by atoms with E-state index in [0.717, 1.165) is 11.1 Å². The summed E-state index contributed by atoms with van der Waals surface area (Å²) in [5.74, 6) is -0.846. The Morgan fingerprint density at radius 2 is 1.68 bits per heavy atom. The standard InChI is InChI=1S/C21H25NO3/c1-20(2,3)22-18(19(23)24)15-25-21(22,17-12-8-5-9-13-17)14-16-10-6-4-7-11-16/h4-13,18H,14-15H2,1-3H3,(H,23,24)/t18-,21?/m0/s1. The Morgan fingerprint density at radius 1 is 1.12 bits per heavy atom. The van der Waals surface area contributed by atoms with Gasteiger partial charge < -0.3 is 9.84 Å². The monoisotopic (exact) mass is 339 g/mol. The molecule has 1 saturated heterocycles. The van der Waals surface area contributed by atoms with Crippen molar-refractivity contribution in [1.82, 2.24) is 4.90 Å². The van der Waals surface area contributed by atoms with Gasteiger partial charge >= 0.3 is 5.97 Å². The number of rotatable bonds is 4. The van der Waals surface area contributed by atoms with Crippen LogP contribution in [-0.2, 0) is 21.7 Å². The molecule has 132 valence electrons. The van der Waals surface area contributed by atoms with Crippen molar-refractivity contribution >= 4 is 5.97 Å². The zero-order valence-corrected chi connectivity index (χ0v) is 15.0. The van der Waals surface area contributed by atoms with Gasteiger partial charge in [0.25, 0.3) is 0 Å². The lowest BCUT2D eigenvalue weighted by molar-refractivity contribution is -0.153. The Bertz CT molecular complexity index is 724. The maximum absolute atomic E-state index is 11.9. The van der Waals surface area contributed by atoms with Crippen LogP contribution in [0.1, 0.15) is 31.9 Å². The van der Waals surface area contributed by atoms with Crippen LogP contribution in [-0.4, -0.2) is 34.2 Å². The first kappa shape index (κ1) is 17.6. The number of ether oxygens (including phenoxy) is 1. The summed E-state index contributed by atoms with van der Waals surface area (Å²) in [6.45, 7) is 6.30. The first-order valence-corrected chi connectivity index (χ1v) is 8.60. The lowest BCUT2D eigenvalue weighted by Gasteiger charge is -2.46. The van der Waals surface area contributed by atoms with Crippen LogP contribution in [0, 0.1) is 0 Å². The Balaban J connectivity index is 2.15. The van der Waals surface area contributed by atoms with Crippen molar-refractivity contribution in [3.05, 3.63) is 71.8 Å². The molecule has 0 aromatic heterocycles. The van der Waals surface area contributed by atoms with Crippen LogP contribution in [0.5, 0.6) is 0 Å². The van der Waals surface area contributed by atoms with Crippen molar-refractivity contribution in [2.75, 3.05) is 6.61 Å². The molecule has 1 aliphatic rings. The molecule has 1 N–H and O–H groups in total. The number of benzene rings is 2. The number of nitrogens with zero attached hydrogens (tertiary/aromatic N) is 1. The molecule has 1 fully saturated rings. The van der Waals surface area contributed by atoms with Gasteiger partial charge in [0.05, 0.1) is 6.61 Å². The lowest BCUT2D eigenvalue weighted by Crippen LogP contribution is -2.58. The number of hydrogen-bond acceptors (Lipinski definition) is 3. The van der Waals surface area contributed by atoms with Crippen LogP contribution in [0.2, 0.25) is 0 Å². The van der Waals surface area contributed by atoms with E-state index in [2.05, 4.69) is 12.1 Å². The summed E-state index contributed by atoms with van der Waals surface area (Å²) in [6, 6.07) is 19.4. The Hall–Kier alpha value is -2.17. The SMILES string of the molecule is CC(C)(C)N1[C@H](C(=O)O)COC1(Cc1ccccc1)c1ccccc1. The van der Waals surface area contributed by atoms with E-state index in [9.17, 15) is 9.90 Å². The molecule has 2 atom stereocenters. The summed E-state index contributed by atoms with van der Waals surface area (Å²) in [7, 11) is 0. The third-order valence-electron chi connectivity index (χ3n) is 4.70. The van der Waals surface area contributed by atoms with E-state index in [0.29, 0.717) is 6.42 Å². The molecule has 0 radical (unpaired) electrons. The van der Waals surface area contributed by atoms with Crippen molar-refractivity contribution in [2.45, 2.75) is 44.5 Å². The summed E-state index contributed by atoms with van der Waals surface area (Å²) in [5.41, 5.74) is 0.929. The highest BCUT2D eigenvalue weighted by atomic mass is 16.5. The third kappa shape index (κ3) is 3.32. The zero-order valence-electron chi connectivity index (χ0n) is 15.0. The number of carbonyl (C=O) groups is 1. The minimum atomic E-state index is -0.846. The zero-order chi connectivity index (χ0) is 18.1. The molecule has 2 aromatic carbocycles. The van der Waals surface area contributed by atoms with E-state index in [4.69, 9.17) is 4.74 Å². The summed E-state index contributed by atoms with van der Waals surface area (Å²) in [6.07, 6.45) is 0.596. The molecule has 2 aromatic rings. The van der Waals surface area contributed by atoms with Crippen LogP contribution >= 0.6 is 0 Å². The van der Waals surface area contributed by atoms with Gasteiger partial charge in [0, 0.05) is 12.0 Å². The van der Waals surface area contributed by atoms with Gasteiger partial charge in [0.15, 0.2) is 5.72 Å². The molecule has 1 heterocycles. The van der Waals surface area contributed by atoms with E-state index < -0.39 is 17.7 Å². The number of hydrogen-bond donors (Lipinski definition) is 1. The van der Waals surface area contributed by atoms with Crippen molar-refractivity contribution in [3.63, 3.8) is 0 Å². The quantitative estimate of drug-likeness (QED) is 0.923. The predicted octanol–water partition coefficient (Wildman–Crippen LogP) is 3.67. The van der Waals surface area contributed by atoms with Gasteiger partial charge in [-0.3, -0.25) is 9.69 Å². The molecular weight excluding hydrogens is 314 g/mol. The van der Waals surface area contributed by atoms with E-state index in [1.807, 2.05) is 74.2 Å². The van der Waals surface area contributed by atoms with Gasteiger partial charge in [0.2, 0.25) is 0 Å². The summed E-state index contributed by atoms with van der Waals surface area (Å²) in [4.78, 5) is 13.9. The van der Waals surface area contributed by atoms with Gasteiger partial charge in [-0.25, -0.2) is 0 Å². The first-order chi connectivity index (χ1) is 11.8. The lowest BCUT2D eigenvalue weighted by atomic mass is 9.88.